The van der Waals surface area contributed by atoms with Crippen LogP contribution in [0.2, 0.25) is 5.02 Å². The van der Waals surface area contributed by atoms with Gasteiger partial charge in [-0.1, -0.05) is 11.6 Å². The maximum Gasteiger partial charge on any atom is 0.338 e. The van der Waals surface area contributed by atoms with Gasteiger partial charge in [0.15, 0.2) is 0 Å². The van der Waals surface area contributed by atoms with Crippen LogP contribution >= 0.6 is 11.6 Å². The zero-order chi connectivity index (χ0) is 18.7. The quantitative estimate of drug-likeness (QED) is 0.816. The van der Waals surface area contributed by atoms with Crippen LogP contribution in [0.5, 0.6) is 5.75 Å². The van der Waals surface area contributed by atoms with E-state index in [0.717, 1.165) is 12.1 Å². The molecule has 2 aromatic carbocycles. The van der Waals surface area contributed by atoms with Gasteiger partial charge in [-0.05, 0) is 51.1 Å². The Bertz CT molecular complexity index is 836. The molecule has 7 heteroatoms. The third kappa shape index (κ3) is 4.48. The van der Waals surface area contributed by atoms with Crippen molar-refractivity contribution in [2.75, 3.05) is 5.32 Å². The molecule has 0 aliphatic carbocycles. The molecule has 0 unspecified atom stereocenters. The monoisotopic (exact) mass is 365 g/mol. The molecule has 0 bridgehead atoms. The third-order valence-electron chi connectivity index (χ3n) is 3.38. The van der Waals surface area contributed by atoms with Crippen molar-refractivity contribution in [1.29, 1.82) is 0 Å². The van der Waals surface area contributed by atoms with Crippen LogP contribution in [0, 0.1) is 12.7 Å². The Hall–Kier alpha value is -2.60. The van der Waals surface area contributed by atoms with E-state index in [0.29, 0.717) is 16.3 Å². The summed E-state index contributed by atoms with van der Waals surface area (Å²) in [5, 5.41) is 11.7. The van der Waals surface area contributed by atoms with Gasteiger partial charge < -0.3 is 15.2 Å². The number of halogens is 2. The first-order valence-electron chi connectivity index (χ1n) is 7.50. The first kappa shape index (κ1) is 18.7. The summed E-state index contributed by atoms with van der Waals surface area (Å²) in [4.78, 5) is 23.2. The van der Waals surface area contributed by atoms with Crippen molar-refractivity contribution in [2.45, 2.75) is 26.9 Å². The van der Waals surface area contributed by atoms with E-state index >= 15 is 0 Å². The van der Waals surface area contributed by atoms with Crippen LogP contribution in [0.25, 0.3) is 0 Å². The molecule has 132 valence electrons. The second-order valence-corrected chi connectivity index (χ2v) is 6.11. The van der Waals surface area contributed by atoms with Crippen LogP contribution in [0.3, 0.4) is 0 Å². The number of hydrogen-bond acceptors (Lipinski definition) is 3. The predicted octanol–water partition coefficient (Wildman–Crippen LogP) is 4.53. The molecule has 0 aliphatic rings. The average molecular weight is 366 g/mol. The highest BCUT2D eigenvalue weighted by atomic mass is 35.5. The fourth-order valence-corrected chi connectivity index (χ4v) is 2.34. The van der Waals surface area contributed by atoms with E-state index in [-0.39, 0.29) is 17.4 Å². The summed E-state index contributed by atoms with van der Waals surface area (Å²) in [7, 11) is 0. The van der Waals surface area contributed by atoms with Crippen LogP contribution in [0.4, 0.5) is 10.1 Å². The van der Waals surface area contributed by atoms with Crippen molar-refractivity contribution in [1.82, 2.24) is 0 Å². The van der Waals surface area contributed by atoms with Crippen molar-refractivity contribution in [3.63, 3.8) is 0 Å². The summed E-state index contributed by atoms with van der Waals surface area (Å²) < 4.78 is 19.3. The molecule has 25 heavy (non-hydrogen) atoms. The maximum absolute atomic E-state index is 13.7. The lowest BCUT2D eigenvalue weighted by molar-refractivity contribution is 0.0691. The summed E-state index contributed by atoms with van der Waals surface area (Å²) in [5.74, 6) is -2.34. The molecule has 0 atom stereocenters. The van der Waals surface area contributed by atoms with Gasteiger partial charge in [0.2, 0.25) is 0 Å². The van der Waals surface area contributed by atoms with Gasteiger partial charge in [-0.25, -0.2) is 9.18 Å². The van der Waals surface area contributed by atoms with Crippen molar-refractivity contribution in [3.05, 3.63) is 57.9 Å². The smallest absolute Gasteiger partial charge is 0.338 e. The molecule has 2 aromatic rings. The number of hydrogen-bond donors (Lipinski definition) is 2. The van der Waals surface area contributed by atoms with Crippen molar-refractivity contribution < 1.29 is 23.8 Å². The van der Waals surface area contributed by atoms with Gasteiger partial charge >= 0.3 is 5.97 Å². The average Bonchev–Trinajstić information content (AvgIpc) is 2.50. The first-order valence-corrected chi connectivity index (χ1v) is 7.88. The minimum absolute atomic E-state index is 0.0919. The van der Waals surface area contributed by atoms with Gasteiger partial charge in [0.25, 0.3) is 5.91 Å². The standard InChI is InChI=1S/C18H17ClFNO4/c1-9(2)25-16-7-11(6-14(19)10(16)3)17(22)21-12-4-5-13(18(23)24)15(20)8-12/h4-9H,1-3H3,(H,21,22)(H,23,24). The second kappa shape index (κ2) is 7.53. The van der Waals surface area contributed by atoms with Gasteiger partial charge in [-0.2, -0.15) is 0 Å². The van der Waals surface area contributed by atoms with Crippen LogP contribution in [-0.4, -0.2) is 23.1 Å². The minimum atomic E-state index is -1.38. The molecule has 0 aromatic heterocycles. The Morgan fingerprint density at radius 3 is 2.48 bits per heavy atom. The van der Waals surface area contributed by atoms with Crippen LogP contribution < -0.4 is 10.1 Å². The Labute approximate surface area is 149 Å². The van der Waals surface area contributed by atoms with Gasteiger partial charge in [-0.3, -0.25) is 4.79 Å². The Morgan fingerprint density at radius 2 is 1.92 bits per heavy atom. The molecular weight excluding hydrogens is 349 g/mol. The third-order valence-corrected chi connectivity index (χ3v) is 3.77. The Balaban J connectivity index is 2.28. The van der Waals surface area contributed by atoms with Gasteiger partial charge in [0.1, 0.15) is 11.6 Å². The summed E-state index contributed by atoms with van der Waals surface area (Å²) >= 11 is 6.15. The number of carbonyl (C=O) groups excluding carboxylic acids is 1. The second-order valence-electron chi connectivity index (χ2n) is 5.70. The van der Waals surface area contributed by atoms with Gasteiger partial charge in [-0.15, -0.1) is 0 Å². The van der Waals surface area contributed by atoms with Crippen molar-refractivity contribution in [3.8, 4) is 5.75 Å². The Kier molecular flexibility index (Phi) is 5.64. The molecule has 2 rings (SSSR count). The van der Waals surface area contributed by atoms with Crippen LogP contribution in [0.1, 0.15) is 40.1 Å². The molecule has 2 N–H and O–H groups in total. The fourth-order valence-electron chi connectivity index (χ4n) is 2.13. The summed E-state index contributed by atoms with van der Waals surface area (Å²) in [6, 6.07) is 6.39. The van der Waals surface area contributed by atoms with E-state index in [1.807, 2.05) is 13.8 Å². The molecule has 0 saturated heterocycles. The largest absolute Gasteiger partial charge is 0.491 e. The highest BCUT2D eigenvalue weighted by molar-refractivity contribution is 6.32. The van der Waals surface area contributed by atoms with E-state index < -0.39 is 23.3 Å². The number of ether oxygens (including phenoxy) is 1. The number of carboxylic acids is 1. The predicted molar refractivity (Wildman–Crippen MR) is 93.3 cm³/mol. The van der Waals surface area contributed by atoms with E-state index in [1.54, 1.807) is 13.0 Å². The fraction of sp³-hybridized carbons (Fsp3) is 0.222. The van der Waals surface area contributed by atoms with Crippen LogP contribution in [-0.2, 0) is 0 Å². The van der Waals surface area contributed by atoms with E-state index in [4.69, 9.17) is 21.4 Å². The number of rotatable bonds is 5. The summed E-state index contributed by atoms with van der Waals surface area (Å²) in [6.45, 7) is 5.49. The minimum Gasteiger partial charge on any atom is -0.491 e. The Morgan fingerprint density at radius 1 is 1.24 bits per heavy atom. The van der Waals surface area contributed by atoms with E-state index in [1.165, 1.54) is 12.1 Å². The van der Waals surface area contributed by atoms with Crippen molar-refractivity contribution in [2.24, 2.45) is 0 Å². The number of benzene rings is 2. The normalized spacial score (nSPS) is 10.6. The number of carboxylic acid groups (broad SMARTS) is 1. The zero-order valence-electron chi connectivity index (χ0n) is 13.9. The molecule has 0 radical (unpaired) electrons. The topological polar surface area (TPSA) is 75.6 Å². The lowest BCUT2D eigenvalue weighted by Crippen LogP contribution is -2.14. The number of nitrogens with one attached hydrogen (secondary N) is 1. The van der Waals surface area contributed by atoms with E-state index in [2.05, 4.69) is 5.32 Å². The molecule has 0 aliphatic heterocycles. The molecule has 0 fully saturated rings. The highest BCUT2D eigenvalue weighted by Crippen LogP contribution is 2.29. The van der Waals surface area contributed by atoms with Crippen molar-refractivity contribution >= 4 is 29.2 Å². The molecule has 0 spiro atoms. The highest BCUT2D eigenvalue weighted by Gasteiger charge is 2.15. The molecular formula is C18H17ClFNO4. The lowest BCUT2D eigenvalue weighted by atomic mass is 10.1. The zero-order valence-corrected chi connectivity index (χ0v) is 14.6. The summed E-state index contributed by atoms with van der Waals surface area (Å²) in [5.41, 5.74) is 0.622. The lowest BCUT2D eigenvalue weighted by Gasteiger charge is -2.15. The summed E-state index contributed by atoms with van der Waals surface area (Å²) in [6.07, 6.45) is -0.0919. The van der Waals surface area contributed by atoms with Gasteiger partial charge in [0.05, 0.1) is 11.7 Å². The molecule has 1 amide bonds. The number of amides is 1. The van der Waals surface area contributed by atoms with Crippen LogP contribution in [0.15, 0.2) is 30.3 Å². The molecule has 0 saturated carbocycles. The SMILES string of the molecule is Cc1c(Cl)cc(C(=O)Nc2ccc(C(=O)O)c(F)c2)cc1OC(C)C. The first-order chi connectivity index (χ1) is 11.7. The van der Waals surface area contributed by atoms with E-state index in [9.17, 15) is 14.0 Å². The maximum atomic E-state index is 13.7. The molecule has 0 heterocycles. The van der Waals surface area contributed by atoms with Gasteiger partial charge in [0, 0.05) is 21.8 Å². The number of aromatic carboxylic acids is 1. The molecule has 5 nitrogen and oxygen atoms in total. The number of anilines is 1. The number of carbonyl (C=O) groups is 2.